The van der Waals surface area contributed by atoms with Crippen molar-refractivity contribution in [1.29, 1.82) is 0 Å². The molecule has 0 aliphatic rings. The third-order valence-corrected chi connectivity index (χ3v) is 9.56. The van der Waals surface area contributed by atoms with Crippen LogP contribution in [0.15, 0.2) is 71.6 Å². The van der Waals surface area contributed by atoms with Gasteiger partial charge in [0.1, 0.15) is 12.6 Å². The van der Waals surface area contributed by atoms with Crippen molar-refractivity contribution in [3.63, 3.8) is 0 Å². The Labute approximate surface area is 269 Å². The lowest BCUT2D eigenvalue weighted by Crippen LogP contribution is -2.52. The van der Waals surface area contributed by atoms with Crippen LogP contribution in [-0.4, -0.2) is 44.3 Å². The molecule has 44 heavy (non-hydrogen) atoms. The first-order valence-corrected chi connectivity index (χ1v) is 16.2. The number of halogens is 6. The number of carbonyl (C=O) groups is 2. The third-order valence-electron chi connectivity index (χ3n) is 6.76. The molecule has 0 aliphatic heterocycles. The van der Waals surface area contributed by atoms with Gasteiger partial charge in [0.05, 0.1) is 21.2 Å². The Hall–Kier alpha value is -2.99. The number of sulfonamides is 1. The number of hydrogen-bond acceptors (Lipinski definition) is 4. The lowest BCUT2D eigenvalue weighted by molar-refractivity contribution is -0.140. The van der Waals surface area contributed by atoms with E-state index in [2.05, 4.69) is 5.32 Å². The van der Waals surface area contributed by atoms with Gasteiger partial charge in [0.25, 0.3) is 10.0 Å². The summed E-state index contributed by atoms with van der Waals surface area (Å²) in [5, 5.41) is 2.85. The summed E-state index contributed by atoms with van der Waals surface area (Å²) in [6.07, 6.45) is -3.22. The molecule has 2 amide bonds. The summed E-state index contributed by atoms with van der Waals surface area (Å²) < 4.78 is 69.5. The van der Waals surface area contributed by atoms with E-state index in [0.29, 0.717) is 35.0 Å². The lowest BCUT2D eigenvalue weighted by atomic mass is 10.1. The molecule has 7 nitrogen and oxygen atoms in total. The standard InChI is InChI=1S/C30H31Cl3F3N3O4S/c1-3-5-16-37-29(41)26(4-2)38(18-22-23(31)12-9-13-24(22)32)28(40)19-39(44(42,43)21-10-7-6-8-11-21)27-17-20(30(34,35)36)14-15-25(27)33/h6-15,17,26H,3-5,16,18-19H2,1-2H3,(H,37,41)/t26-/m1/s1. The van der Waals surface area contributed by atoms with Crippen molar-refractivity contribution in [2.24, 2.45) is 0 Å². The molecule has 0 saturated heterocycles. The number of hydrogen-bond donors (Lipinski definition) is 1. The Morgan fingerprint density at radius 2 is 1.55 bits per heavy atom. The number of benzene rings is 3. The maximum Gasteiger partial charge on any atom is 0.416 e. The van der Waals surface area contributed by atoms with E-state index in [0.717, 1.165) is 17.4 Å². The molecule has 3 rings (SSSR count). The fourth-order valence-electron chi connectivity index (χ4n) is 4.39. The van der Waals surface area contributed by atoms with Gasteiger partial charge in [-0.3, -0.25) is 13.9 Å². The van der Waals surface area contributed by atoms with Gasteiger partial charge < -0.3 is 10.2 Å². The van der Waals surface area contributed by atoms with Crippen LogP contribution in [0.5, 0.6) is 0 Å². The molecule has 3 aromatic carbocycles. The van der Waals surface area contributed by atoms with E-state index in [-0.39, 0.29) is 32.9 Å². The highest BCUT2D eigenvalue weighted by Gasteiger charge is 2.37. The first kappa shape index (κ1) is 35.5. The van der Waals surface area contributed by atoms with Crippen molar-refractivity contribution >= 4 is 62.3 Å². The Kier molecular flexibility index (Phi) is 12.4. The van der Waals surface area contributed by atoms with Gasteiger partial charge in [-0.25, -0.2) is 8.42 Å². The van der Waals surface area contributed by atoms with E-state index in [1.165, 1.54) is 24.3 Å². The molecule has 0 aliphatic carbocycles. The van der Waals surface area contributed by atoms with Crippen molar-refractivity contribution in [1.82, 2.24) is 10.2 Å². The molecule has 0 spiro atoms. The van der Waals surface area contributed by atoms with Crippen LogP contribution in [0.1, 0.15) is 44.2 Å². The molecule has 0 fully saturated rings. The van der Waals surface area contributed by atoms with Crippen molar-refractivity contribution in [3.8, 4) is 0 Å². The Bertz CT molecular complexity index is 1550. The van der Waals surface area contributed by atoms with Gasteiger partial charge in [-0.05, 0) is 55.3 Å². The minimum atomic E-state index is -4.83. The molecule has 1 N–H and O–H groups in total. The number of nitrogens with zero attached hydrogens (tertiary/aromatic N) is 2. The molecule has 0 bridgehead atoms. The fraction of sp³-hybridized carbons (Fsp3) is 0.333. The predicted octanol–water partition coefficient (Wildman–Crippen LogP) is 7.58. The van der Waals surface area contributed by atoms with E-state index in [4.69, 9.17) is 34.8 Å². The SMILES string of the molecule is CCCCNC(=O)[C@@H](CC)N(Cc1c(Cl)cccc1Cl)C(=O)CN(c1cc(C(F)(F)F)ccc1Cl)S(=O)(=O)c1ccccc1. The first-order chi connectivity index (χ1) is 20.7. The molecule has 0 radical (unpaired) electrons. The summed E-state index contributed by atoms with van der Waals surface area (Å²) in [6.45, 7) is 2.68. The van der Waals surface area contributed by atoms with Gasteiger partial charge in [0, 0.05) is 28.7 Å². The number of amides is 2. The molecule has 0 aromatic heterocycles. The maximum absolute atomic E-state index is 14.1. The number of anilines is 1. The third kappa shape index (κ3) is 8.59. The van der Waals surface area contributed by atoms with Crippen molar-refractivity contribution in [3.05, 3.63) is 92.9 Å². The van der Waals surface area contributed by atoms with Crippen LogP contribution < -0.4 is 9.62 Å². The monoisotopic (exact) mass is 691 g/mol. The van der Waals surface area contributed by atoms with Gasteiger partial charge in [0.15, 0.2) is 0 Å². The van der Waals surface area contributed by atoms with E-state index < -0.39 is 51.9 Å². The van der Waals surface area contributed by atoms with Crippen LogP contribution in [0, 0.1) is 0 Å². The van der Waals surface area contributed by atoms with E-state index >= 15 is 0 Å². The summed E-state index contributed by atoms with van der Waals surface area (Å²) in [4.78, 5) is 28.3. The van der Waals surface area contributed by atoms with E-state index in [1.807, 2.05) is 6.92 Å². The fourth-order valence-corrected chi connectivity index (χ4v) is 6.63. The largest absolute Gasteiger partial charge is 0.416 e. The van der Waals surface area contributed by atoms with Crippen molar-refractivity contribution < 1.29 is 31.2 Å². The van der Waals surface area contributed by atoms with Crippen LogP contribution in [0.2, 0.25) is 15.1 Å². The zero-order valence-corrected chi connectivity index (χ0v) is 27.0. The zero-order valence-electron chi connectivity index (χ0n) is 23.9. The van der Waals surface area contributed by atoms with Gasteiger partial charge in [-0.15, -0.1) is 0 Å². The van der Waals surface area contributed by atoms with Crippen LogP contribution >= 0.6 is 34.8 Å². The van der Waals surface area contributed by atoms with Crippen LogP contribution in [-0.2, 0) is 32.3 Å². The van der Waals surface area contributed by atoms with Crippen LogP contribution in [0.3, 0.4) is 0 Å². The summed E-state index contributed by atoms with van der Waals surface area (Å²) >= 11 is 19.1. The minimum absolute atomic E-state index is 0.127. The molecule has 0 saturated carbocycles. The highest BCUT2D eigenvalue weighted by Crippen LogP contribution is 2.37. The summed E-state index contributed by atoms with van der Waals surface area (Å²) in [5.74, 6) is -1.39. The molecule has 238 valence electrons. The minimum Gasteiger partial charge on any atom is -0.354 e. The molecule has 1 atom stereocenters. The van der Waals surface area contributed by atoms with Gasteiger partial charge in [0.2, 0.25) is 11.8 Å². The van der Waals surface area contributed by atoms with Gasteiger partial charge in [-0.2, -0.15) is 13.2 Å². The highest BCUT2D eigenvalue weighted by atomic mass is 35.5. The normalized spacial score (nSPS) is 12.5. The molecular formula is C30H31Cl3F3N3O4S. The quantitative estimate of drug-likeness (QED) is 0.187. The first-order valence-electron chi connectivity index (χ1n) is 13.7. The number of alkyl halides is 3. The predicted molar refractivity (Wildman–Crippen MR) is 166 cm³/mol. The maximum atomic E-state index is 14.1. The number of rotatable bonds is 13. The Balaban J connectivity index is 2.17. The second-order valence-corrected chi connectivity index (χ2v) is 12.9. The van der Waals surface area contributed by atoms with Gasteiger partial charge >= 0.3 is 6.18 Å². The Morgan fingerprint density at radius 1 is 0.909 bits per heavy atom. The molecule has 3 aromatic rings. The van der Waals surface area contributed by atoms with Crippen molar-refractivity contribution in [2.45, 2.75) is 56.8 Å². The highest BCUT2D eigenvalue weighted by molar-refractivity contribution is 7.92. The average molecular weight is 693 g/mol. The Morgan fingerprint density at radius 3 is 2.11 bits per heavy atom. The smallest absolute Gasteiger partial charge is 0.354 e. The average Bonchev–Trinajstić information content (AvgIpc) is 2.97. The number of nitrogens with one attached hydrogen (secondary N) is 1. The molecular weight excluding hydrogens is 662 g/mol. The lowest BCUT2D eigenvalue weighted by Gasteiger charge is -2.34. The second kappa shape index (κ2) is 15.3. The van der Waals surface area contributed by atoms with E-state index in [9.17, 15) is 31.2 Å². The summed E-state index contributed by atoms with van der Waals surface area (Å²) in [6, 6.07) is 12.7. The molecule has 0 heterocycles. The summed E-state index contributed by atoms with van der Waals surface area (Å²) in [5.41, 5.74) is -1.42. The van der Waals surface area contributed by atoms with Gasteiger partial charge in [-0.1, -0.05) is 79.3 Å². The molecule has 0 unspecified atom stereocenters. The topological polar surface area (TPSA) is 86.8 Å². The number of carbonyl (C=O) groups excluding carboxylic acids is 2. The number of unbranched alkanes of at least 4 members (excludes halogenated alkanes) is 1. The van der Waals surface area contributed by atoms with Crippen LogP contribution in [0.4, 0.5) is 18.9 Å². The zero-order chi connectivity index (χ0) is 32.7. The van der Waals surface area contributed by atoms with Crippen molar-refractivity contribution in [2.75, 3.05) is 17.4 Å². The molecule has 14 heteroatoms. The summed E-state index contributed by atoms with van der Waals surface area (Å²) in [7, 11) is -4.65. The van der Waals surface area contributed by atoms with E-state index in [1.54, 1.807) is 31.2 Å². The second-order valence-electron chi connectivity index (χ2n) is 9.78. The van der Waals surface area contributed by atoms with Crippen LogP contribution in [0.25, 0.3) is 0 Å².